The Morgan fingerprint density at radius 2 is 2.04 bits per heavy atom. The smallest absolute Gasteiger partial charge is 0.251 e. The zero-order valence-electron chi connectivity index (χ0n) is 16.1. The molecule has 2 heterocycles. The lowest BCUT2D eigenvalue weighted by Gasteiger charge is -2.29. The van der Waals surface area contributed by atoms with Crippen molar-refractivity contribution in [2.45, 2.75) is 36.7 Å². The van der Waals surface area contributed by atoms with Crippen molar-refractivity contribution in [3.05, 3.63) is 23.8 Å². The molecular formula is C18H28ClN3O5S. The molecule has 8 nitrogen and oxygen atoms in total. The van der Waals surface area contributed by atoms with Crippen molar-refractivity contribution in [2.24, 2.45) is 0 Å². The van der Waals surface area contributed by atoms with Gasteiger partial charge >= 0.3 is 0 Å². The molecule has 158 valence electrons. The summed E-state index contributed by atoms with van der Waals surface area (Å²) in [6, 6.07) is 4.96. The van der Waals surface area contributed by atoms with Crippen molar-refractivity contribution >= 4 is 28.3 Å². The maximum atomic E-state index is 13.0. The van der Waals surface area contributed by atoms with Crippen LogP contribution in [0.1, 0.15) is 30.1 Å². The second-order valence-corrected chi connectivity index (χ2v) is 8.84. The van der Waals surface area contributed by atoms with Crippen LogP contribution in [-0.4, -0.2) is 70.7 Å². The molecule has 0 aromatic heterocycles. The summed E-state index contributed by atoms with van der Waals surface area (Å²) in [6.07, 6.45) is 1.70. The molecule has 2 saturated heterocycles. The Labute approximate surface area is 172 Å². The number of sulfonamides is 1. The molecule has 2 aliphatic rings. The number of morpholine rings is 1. The maximum Gasteiger partial charge on any atom is 0.251 e. The highest BCUT2D eigenvalue weighted by molar-refractivity contribution is 7.89. The summed E-state index contributed by atoms with van der Waals surface area (Å²) in [5, 5.41) is 6.36. The molecule has 0 bridgehead atoms. The summed E-state index contributed by atoms with van der Waals surface area (Å²) in [4.78, 5) is 12.7. The van der Waals surface area contributed by atoms with Crippen molar-refractivity contribution in [3.63, 3.8) is 0 Å². The normalized spacial score (nSPS) is 23.5. The average Bonchev–Trinajstić information content (AvgIpc) is 2.68. The van der Waals surface area contributed by atoms with E-state index >= 15 is 0 Å². The number of carbonyl (C=O) groups excluding carboxylic acids is 1. The monoisotopic (exact) mass is 433 g/mol. The molecule has 0 aliphatic carbocycles. The van der Waals surface area contributed by atoms with E-state index in [4.69, 9.17) is 9.47 Å². The Morgan fingerprint density at radius 3 is 2.68 bits per heavy atom. The molecule has 3 rings (SSSR count). The van der Waals surface area contributed by atoms with E-state index in [1.165, 1.54) is 23.5 Å². The van der Waals surface area contributed by atoms with Gasteiger partial charge in [-0.05, 0) is 44.5 Å². The largest absolute Gasteiger partial charge is 0.495 e. The van der Waals surface area contributed by atoms with E-state index in [1.54, 1.807) is 6.07 Å². The summed E-state index contributed by atoms with van der Waals surface area (Å²) in [6.45, 7) is 4.22. The molecule has 0 saturated carbocycles. The summed E-state index contributed by atoms with van der Waals surface area (Å²) in [5.74, 6) is -0.0382. The van der Waals surface area contributed by atoms with Crippen molar-refractivity contribution in [3.8, 4) is 5.75 Å². The third-order valence-electron chi connectivity index (χ3n) is 4.97. The molecule has 2 fully saturated rings. The van der Waals surface area contributed by atoms with Crippen molar-refractivity contribution in [1.29, 1.82) is 0 Å². The van der Waals surface area contributed by atoms with Gasteiger partial charge in [0.25, 0.3) is 5.91 Å². The molecule has 2 unspecified atom stereocenters. The number of carbonyl (C=O) groups is 1. The number of halogens is 1. The Bertz CT molecular complexity index is 783. The first-order valence-corrected chi connectivity index (χ1v) is 10.7. The molecule has 2 aliphatic heterocycles. The van der Waals surface area contributed by atoms with Crippen LogP contribution >= 0.6 is 12.4 Å². The van der Waals surface area contributed by atoms with Crippen molar-refractivity contribution in [1.82, 2.24) is 14.9 Å². The lowest BCUT2D eigenvalue weighted by atomic mass is 10.0. The molecule has 0 radical (unpaired) electrons. The number of benzene rings is 1. The number of nitrogens with one attached hydrogen (secondary N) is 2. The average molecular weight is 434 g/mol. The van der Waals surface area contributed by atoms with Gasteiger partial charge in [-0.2, -0.15) is 4.31 Å². The van der Waals surface area contributed by atoms with Crippen LogP contribution in [0, 0.1) is 0 Å². The maximum absolute atomic E-state index is 13.0. The molecule has 2 N–H and O–H groups in total. The van der Waals surface area contributed by atoms with Crippen LogP contribution < -0.4 is 15.4 Å². The summed E-state index contributed by atoms with van der Waals surface area (Å²) >= 11 is 0. The zero-order valence-corrected chi connectivity index (χ0v) is 17.8. The number of amides is 1. The Kier molecular flexibility index (Phi) is 8.08. The van der Waals surface area contributed by atoms with Gasteiger partial charge in [-0.3, -0.25) is 4.79 Å². The van der Waals surface area contributed by atoms with Gasteiger partial charge in [0.15, 0.2) is 0 Å². The first-order valence-electron chi connectivity index (χ1n) is 9.22. The van der Waals surface area contributed by atoms with Crippen LogP contribution in [0.15, 0.2) is 23.1 Å². The van der Waals surface area contributed by atoms with Gasteiger partial charge in [0.05, 0.1) is 20.3 Å². The van der Waals surface area contributed by atoms with Gasteiger partial charge in [0.2, 0.25) is 10.0 Å². The number of ether oxygens (including phenoxy) is 2. The fourth-order valence-corrected chi connectivity index (χ4v) is 5.07. The molecule has 28 heavy (non-hydrogen) atoms. The van der Waals surface area contributed by atoms with Gasteiger partial charge in [-0.15, -0.1) is 12.4 Å². The van der Waals surface area contributed by atoms with Gasteiger partial charge in [-0.25, -0.2) is 8.42 Å². The quantitative estimate of drug-likeness (QED) is 0.719. The molecule has 10 heteroatoms. The zero-order chi connectivity index (χ0) is 19.4. The number of methoxy groups -OCH3 is 1. The van der Waals surface area contributed by atoms with Crippen molar-refractivity contribution < 1.29 is 22.7 Å². The molecule has 0 spiro atoms. The van der Waals surface area contributed by atoms with Crippen LogP contribution in [0.3, 0.4) is 0 Å². The van der Waals surface area contributed by atoms with Crippen molar-refractivity contribution in [2.75, 3.05) is 40.0 Å². The molecule has 1 amide bonds. The highest BCUT2D eigenvalue weighted by Gasteiger charge is 2.30. The van der Waals surface area contributed by atoms with E-state index in [-0.39, 0.29) is 48.1 Å². The predicted octanol–water partition coefficient (Wildman–Crippen LogP) is 1.01. The summed E-state index contributed by atoms with van der Waals surface area (Å²) in [5.41, 5.74) is 0.314. The highest BCUT2D eigenvalue weighted by Crippen LogP contribution is 2.28. The lowest BCUT2D eigenvalue weighted by Crippen LogP contribution is -2.46. The van der Waals surface area contributed by atoms with Crippen LogP contribution in [-0.2, 0) is 14.8 Å². The highest BCUT2D eigenvalue weighted by atomic mass is 35.5. The fourth-order valence-electron chi connectivity index (χ4n) is 3.48. The van der Waals surface area contributed by atoms with Crippen LogP contribution in [0.25, 0.3) is 0 Å². The number of hydrogen-bond donors (Lipinski definition) is 2. The van der Waals surface area contributed by atoms with Gasteiger partial charge in [0, 0.05) is 30.7 Å². The van der Waals surface area contributed by atoms with Crippen LogP contribution in [0.2, 0.25) is 0 Å². The van der Waals surface area contributed by atoms with E-state index in [0.29, 0.717) is 24.8 Å². The van der Waals surface area contributed by atoms with Crippen LogP contribution in [0.4, 0.5) is 0 Å². The minimum absolute atomic E-state index is 0. The Morgan fingerprint density at radius 1 is 1.32 bits per heavy atom. The number of nitrogens with zero attached hydrogens (tertiary/aromatic N) is 1. The first kappa shape index (κ1) is 22.9. The van der Waals surface area contributed by atoms with Gasteiger partial charge in [-0.1, -0.05) is 0 Å². The molecule has 2 atom stereocenters. The first-order chi connectivity index (χ1) is 12.9. The predicted molar refractivity (Wildman–Crippen MR) is 108 cm³/mol. The molecule has 1 aromatic rings. The Balaban J connectivity index is 0.00000280. The third-order valence-corrected chi connectivity index (χ3v) is 6.89. The van der Waals surface area contributed by atoms with Gasteiger partial charge in [0.1, 0.15) is 10.6 Å². The minimum Gasteiger partial charge on any atom is -0.495 e. The summed E-state index contributed by atoms with van der Waals surface area (Å²) < 4.78 is 37.9. The number of hydrogen-bond acceptors (Lipinski definition) is 6. The SMILES string of the molecule is COc1ccc(C(=O)NC2CCNC(C)C2)cc1S(=O)(=O)N1CCOCC1.Cl. The lowest BCUT2D eigenvalue weighted by molar-refractivity contribution is 0.0729. The Hall–Kier alpha value is -1.39. The second-order valence-electron chi connectivity index (χ2n) is 6.93. The van der Waals surface area contributed by atoms with E-state index in [9.17, 15) is 13.2 Å². The molecule has 1 aromatic carbocycles. The van der Waals surface area contributed by atoms with E-state index < -0.39 is 10.0 Å². The molecular weight excluding hydrogens is 406 g/mol. The number of piperidine rings is 1. The second kappa shape index (κ2) is 9.89. The standard InChI is InChI=1S/C18H27N3O5S.ClH/c1-13-11-15(5-6-19-13)20-18(22)14-3-4-16(25-2)17(12-14)27(23,24)21-7-9-26-10-8-21;/h3-4,12-13,15,19H,5-11H2,1-2H3,(H,20,22);1H. The van der Waals surface area contributed by atoms with Gasteiger partial charge < -0.3 is 20.1 Å². The van der Waals surface area contributed by atoms with E-state index in [2.05, 4.69) is 17.6 Å². The summed E-state index contributed by atoms with van der Waals surface area (Å²) in [7, 11) is -2.34. The minimum atomic E-state index is -3.76. The van der Waals surface area contributed by atoms with E-state index in [1.807, 2.05) is 0 Å². The fraction of sp³-hybridized carbons (Fsp3) is 0.611. The van der Waals surface area contributed by atoms with E-state index in [0.717, 1.165) is 19.4 Å². The topological polar surface area (TPSA) is 97.0 Å². The number of rotatable bonds is 5. The third kappa shape index (κ3) is 5.15. The van der Waals surface area contributed by atoms with Crippen LogP contribution in [0.5, 0.6) is 5.75 Å².